The molecule has 1 unspecified atom stereocenters. The Hall–Kier alpha value is -2.96. The van der Waals surface area contributed by atoms with Crippen molar-refractivity contribution in [3.05, 3.63) is 64.7 Å². The molecule has 3 aliphatic rings. The molecule has 0 saturated carbocycles. The average Bonchev–Trinajstić information content (AvgIpc) is 3.13. The summed E-state index contributed by atoms with van der Waals surface area (Å²) in [7, 11) is 0. The molecule has 1 atom stereocenters. The van der Waals surface area contributed by atoms with Gasteiger partial charge < -0.3 is 15.4 Å². The molecule has 2 N–H and O–H groups in total. The van der Waals surface area contributed by atoms with Crippen LogP contribution >= 0.6 is 0 Å². The molecule has 6 heteroatoms. The molecule has 6 nitrogen and oxygen atoms in total. The molecule has 0 radical (unpaired) electrons. The Morgan fingerprint density at radius 1 is 1.13 bits per heavy atom. The number of hydrogen-bond donors (Lipinski definition) is 2. The molecule has 154 valence electrons. The predicted octanol–water partition coefficient (Wildman–Crippen LogP) is 3.08. The van der Waals surface area contributed by atoms with Crippen molar-refractivity contribution < 1.29 is 14.3 Å². The molecule has 1 aliphatic carbocycles. The van der Waals surface area contributed by atoms with Gasteiger partial charge in [0.2, 0.25) is 5.91 Å². The van der Waals surface area contributed by atoms with Gasteiger partial charge in [0.05, 0.1) is 19.3 Å². The van der Waals surface area contributed by atoms with Crippen molar-refractivity contribution in [1.82, 2.24) is 10.2 Å². The summed E-state index contributed by atoms with van der Waals surface area (Å²) < 4.78 is 5.36. The summed E-state index contributed by atoms with van der Waals surface area (Å²) in [5.74, 6) is -0.0365. The number of amides is 2. The Labute approximate surface area is 175 Å². The van der Waals surface area contributed by atoms with E-state index in [9.17, 15) is 9.59 Å². The number of nitrogens with zero attached hydrogens (tertiary/aromatic N) is 1. The van der Waals surface area contributed by atoms with Gasteiger partial charge in [-0.15, -0.1) is 0 Å². The minimum absolute atomic E-state index is 0.0208. The highest BCUT2D eigenvalue weighted by Crippen LogP contribution is 2.44. The van der Waals surface area contributed by atoms with E-state index in [2.05, 4.69) is 21.6 Å². The topological polar surface area (TPSA) is 70.7 Å². The van der Waals surface area contributed by atoms with Crippen LogP contribution in [-0.4, -0.2) is 49.6 Å². The molecule has 1 saturated heterocycles. The van der Waals surface area contributed by atoms with E-state index in [1.807, 2.05) is 42.5 Å². The maximum absolute atomic E-state index is 12.5. The Balaban J connectivity index is 1.24. The minimum Gasteiger partial charge on any atom is -0.379 e. The van der Waals surface area contributed by atoms with Crippen LogP contribution in [0, 0.1) is 0 Å². The van der Waals surface area contributed by atoms with Gasteiger partial charge in [-0.25, -0.2) is 0 Å². The van der Waals surface area contributed by atoms with Crippen LogP contribution < -0.4 is 10.6 Å². The summed E-state index contributed by atoms with van der Waals surface area (Å²) in [5, 5.41) is 6.12. The normalized spacial score (nSPS) is 19.9. The number of hydrogen-bond acceptors (Lipinski definition) is 4. The van der Waals surface area contributed by atoms with E-state index in [-0.39, 0.29) is 17.9 Å². The first kappa shape index (κ1) is 19.0. The number of anilines is 1. The number of nitrogens with one attached hydrogen (secondary N) is 2. The van der Waals surface area contributed by atoms with E-state index >= 15 is 0 Å². The lowest BCUT2D eigenvalue weighted by Crippen LogP contribution is -2.37. The standard InChI is InChI=1S/C24H25N3O3/c28-22(6-3-9-27-10-12-30-13-11-27)25-17-8-7-16-14-21-18-4-1-2-5-19(18)24(29)26-23(21)20(16)15-17/h1-2,4-5,7-8,14-15,23H,3,6,9-13H2,(H,25,28)(H,26,29). The molecule has 2 heterocycles. The van der Waals surface area contributed by atoms with Crippen molar-refractivity contribution in [2.24, 2.45) is 0 Å². The number of benzene rings is 2. The van der Waals surface area contributed by atoms with Crippen LogP contribution in [0.15, 0.2) is 42.5 Å². The maximum Gasteiger partial charge on any atom is 0.252 e. The third-order valence-electron chi connectivity index (χ3n) is 6.04. The third-order valence-corrected chi connectivity index (χ3v) is 6.04. The van der Waals surface area contributed by atoms with Gasteiger partial charge in [-0.05, 0) is 59.5 Å². The second-order valence-corrected chi connectivity index (χ2v) is 8.00. The van der Waals surface area contributed by atoms with Gasteiger partial charge in [0.15, 0.2) is 0 Å². The number of carbonyl (C=O) groups excluding carboxylic acids is 2. The number of morpholine rings is 1. The first-order valence-corrected chi connectivity index (χ1v) is 10.5. The van der Waals surface area contributed by atoms with Crippen molar-refractivity contribution >= 4 is 29.2 Å². The highest BCUT2D eigenvalue weighted by Gasteiger charge is 2.34. The van der Waals surface area contributed by atoms with Crippen molar-refractivity contribution in [2.75, 3.05) is 38.2 Å². The van der Waals surface area contributed by atoms with E-state index in [1.165, 1.54) is 0 Å². The van der Waals surface area contributed by atoms with Gasteiger partial charge in [-0.2, -0.15) is 0 Å². The second-order valence-electron chi connectivity index (χ2n) is 8.00. The van der Waals surface area contributed by atoms with Crippen molar-refractivity contribution in [3.63, 3.8) is 0 Å². The van der Waals surface area contributed by atoms with Crippen LogP contribution in [0.1, 0.15) is 45.9 Å². The SMILES string of the molecule is O=C(CCCN1CCOCC1)Nc1ccc2c(c1)C1NC(=O)c3ccccc3C1=C2. The molecule has 0 bridgehead atoms. The lowest BCUT2D eigenvalue weighted by molar-refractivity contribution is -0.116. The molecular formula is C24H25N3O3. The van der Waals surface area contributed by atoms with E-state index in [1.54, 1.807) is 0 Å². The molecule has 0 spiro atoms. The lowest BCUT2D eigenvalue weighted by Gasteiger charge is -2.26. The maximum atomic E-state index is 12.5. The third kappa shape index (κ3) is 3.64. The Bertz CT molecular complexity index is 1020. The summed E-state index contributed by atoms with van der Waals surface area (Å²) in [5.41, 5.74) is 5.68. The summed E-state index contributed by atoms with van der Waals surface area (Å²) >= 11 is 0. The fourth-order valence-corrected chi connectivity index (χ4v) is 4.49. The highest BCUT2D eigenvalue weighted by molar-refractivity contribution is 6.08. The van der Waals surface area contributed by atoms with Crippen LogP contribution in [0.25, 0.3) is 11.6 Å². The van der Waals surface area contributed by atoms with Crippen molar-refractivity contribution in [3.8, 4) is 0 Å². The van der Waals surface area contributed by atoms with Crippen LogP contribution in [0.3, 0.4) is 0 Å². The molecule has 0 aromatic heterocycles. The van der Waals surface area contributed by atoms with Gasteiger partial charge in [0.1, 0.15) is 0 Å². The highest BCUT2D eigenvalue weighted by atomic mass is 16.5. The minimum atomic E-state index is -0.166. The first-order valence-electron chi connectivity index (χ1n) is 10.5. The van der Waals surface area contributed by atoms with Gasteiger partial charge in [-0.3, -0.25) is 14.5 Å². The molecule has 1 fully saturated rings. The van der Waals surface area contributed by atoms with Gasteiger partial charge in [-0.1, -0.05) is 24.3 Å². The number of ether oxygens (including phenoxy) is 1. The fourth-order valence-electron chi connectivity index (χ4n) is 4.49. The predicted molar refractivity (Wildman–Crippen MR) is 116 cm³/mol. The summed E-state index contributed by atoms with van der Waals surface area (Å²) in [6.45, 7) is 4.36. The molecule has 30 heavy (non-hydrogen) atoms. The fraction of sp³-hybridized carbons (Fsp3) is 0.333. The number of rotatable bonds is 5. The first-order chi connectivity index (χ1) is 14.7. The number of carbonyl (C=O) groups is 2. The second kappa shape index (κ2) is 8.05. The molecule has 5 rings (SSSR count). The van der Waals surface area contributed by atoms with Crippen LogP contribution in [0.5, 0.6) is 0 Å². The van der Waals surface area contributed by atoms with E-state index < -0.39 is 0 Å². The molecule has 2 aromatic carbocycles. The smallest absolute Gasteiger partial charge is 0.252 e. The van der Waals surface area contributed by atoms with Crippen LogP contribution in [0.4, 0.5) is 5.69 Å². The average molecular weight is 403 g/mol. The van der Waals surface area contributed by atoms with Crippen molar-refractivity contribution in [1.29, 1.82) is 0 Å². The van der Waals surface area contributed by atoms with E-state index in [4.69, 9.17) is 4.74 Å². The van der Waals surface area contributed by atoms with Crippen LogP contribution in [-0.2, 0) is 9.53 Å². The zero-order valence-corrected chi connectivity index (χ0v) is 16.8. The molecular weight excluding hydrogens is 378 g/mol. The lowest BCUT2D eigenvalue weighted by atomic mass is 9.90. The molecule has 2 aliphatic heterocycles. The summed E-state index contributed by atoms with van der Waals surface area (Å²) in [4.78, 5) is 27.3. The number of fused-ring (bicyclic) bond motifs is 5. The van der Waals surface area contributed by atoms with Gasteiger partial charge in [0, 0.05) is 30.8 Å². The Morgan fingerprint density at radius 3 is 2.77 bits per heavy atom. The van der Waals surface area contributed by atoms with E-state index in [0.717, 1.165) is 67.2 Å². The molecule has 2 aromatic rings. The van der Waals surface area contributed by atoms with Crippen molar-refractivity contribution in [2.45, 2.75) is 18.9 Å². The Kier molecular flexibility index (Phi) is 5.11. The van der Waals surface area contributed by atoms with Gasteiger partial charge >= 0.3 is 0 Å². The van der Waals surface area contributed by atoms with Gasteiger partial charge in [0.25, 0.3) is 5.91 Å². The van der Waals surface area contributed by atoms with Crippen LogP contribution in [0.2, 0.25) is 0 Å². The quantitative estimate of drug-likeness (QED) is 0.805. The Morgan fingerprint density at radius 2 is 1.93 bits per heavy atom. The zero-order valence-electron chi connectivity index (χ0n) is 16.8. The summed E-state index contributed by atoms with van der Waals surface area (Å²) in [6, 6.07) is 13.5. The monoisotopic (exact) mass is 403 g/mol. The molecule has 2 amide bonds. The van der Waals surface area contributed by atoms with E-state index in [0.29, 0.717) is 12.0 Å². The largest absolute Gasteiger partial charge is 0.379 e. The zero-order chi connectivity index (χ0) is 20.5. The summed E-state index contributed by atoms with van der Waals surface area (Å²) in [6.07, 6.45) is 3.45.